The predicted molar refractivity (Wildman–Crippen MR) is 79.6 cm³/mol. The van der Waals surface area contributed by atoms with Crippen molar-refractivity contribution >= 4 is 17.5 Å². The Bertz CT molecular complexity index is 488. The first-order chi connectivity index (χ1) is 10.0. The second-order valence-electron chi connectivity index (χ2n) is 4.96. The van der Waals surface area contributed by atoms with Crippen LogP contribution < -0.4 is 5.73 Å². The van der Waals surface area contributed by atoms with Gasteiger partial charge in [0.05, 0.1) is 0 Å². The molecule has 1 atom stereocenters. The number of pyridine rings is 1. The van der Waals surface area contributed by atoms with E-state index >= 15 is 0 Å². The zero-order valence-corrected chi connectivity index (χ0v) is 11.9. The van der Waals surface area contributed by atoms with Crippen LogP contribution in [0.3, 0.4) is 0 Å². The van der Waals surface area contributed by atoms with Crippen LogP contribution in [0.2, 0.25) is 0 Å². The Morgan fingerprint density at radius 1 is 1.29 bits per heavy atom. The first-order valence-corrected chi connectivity index (χ1v) is 6.98. The number of nitrogens with one attached hydrogen (secondary N) is 1. The van der Waals surface area contributed by atoms with Crippen LogP contribution >= 0.6 is 0 Å². The lowest BCUT2D eigenvalue weighted by Gasteiger charge is -2.06. The quantitative estimate of drug-likeness (QED) is 0.346. The number of carboxylic acids is 1. The first kappa shape index (κ1) is 17.0. The molecule has 6 heteroatoms. The van der Waals surface area contributed by atoms with Crippen molar-refractivity contribution in [3.05, 3.63) is 30.1 Å². The third-order valence-electron chi connectivity index (χ3n) is 3.20. The molecule has 0 radical (unpaired) electrons. The van der Waals surface area contributed by atoms with Gasteiger partial charge in [0.25, 0.3) is 0 Å². The molecule has 0 aliphatic rings. The van der Waals surface area contributed by atoms with Gasteiger partial charge < -0.3 is 16.2 Å². The number of hydrogen-bond donors (Lipinski definition) is 3. The zero-order valence-electron chi connectivity index (χ0n) is 11.9. The number of carbonyl (C=O) groups excluding carboxylic acids is 1. The summed E-state index contributed by atoms with van der Waals surface area (Å²) in [4.78, 5) is 26.2. The van der Waals surface area contributed by atoms with Crippen molar-refractivity contribution in [2.75, 3.05) is 0 Å². The molecule has 1 aromatic heterocycles. The van der Waals surface area contributed by atoms with E-state index in [-0.39, 0.29) is 5.78 Å². The van der Waals surface area contributed by atoms with Gasteiger partial charge in [-0.2, -0.15) is 0 Å². The van der Waals surface area contributed by atoms with Gasteiger partial charge in [0.1, 0.15) is 6.04 Å². The second-order valence-corrected chi connectivity index (χ2v) is 4.96. The highest BCUT2D eigenvalue weighted by molar-refractivity contribution is 5.98. The number of nitrogens with zero attached hydrogens (tertiary/aromatic N) is 1. The van der Waals surface area contributed by atoms with Crippen LogP contribution in [0.1, 0.15) is 48.9 Å². The van der Waals surface area contributed by atoms with E-state index in [1.54, 1.807) is 18.3 Å². The molecule has 1 rings (SSSR count). The highest BCUT2D eigenvalue weighted by Crippen LogP contribution is 2.09. The molecule has 0 aliphatic carbocycles. The largest absolute Gasteiger partial charge is 0.480 e. The van der Waals surface area contributed by atoms with Gasteiger partial charge in [-0.25, -0.2) is 0 Å². The second kappa shape index (κ2) is 8.97. The van der Waals surface area contributed by atoms with Crippen molar-refractivity contribution < 1.29 is 14.7 Å². The van der Waals surface area contributed by atoms with Gasteiger partial charge in [-0.1, -0.05) is 6.42 Å². The molecule has 6 nitrogen and oxygen atoms in total. The van der Waals surface area contributed by atoms with E-state index in [0.717, 1.165) is 6.42 Å². The fraction of sp³-hybridized carbons (Fsp3) is 0.467. The van der Waals surface area contributed by atoms with Crippen molar-refractivity contribution in [2.45, 2.75) is 44.6 Å². The topological polar surface area (TPSA) is 117 Å². The molecule has 0 aliphatic heterocycles. The van der Waals surface area contributed by atoms with Crippen LogP contribution in [-0.2, 0) is 4.79 Å². The summed E-state index contributed by atoms with van der Waals surface area (Å²) in [6.07, 6.45) is 6.26. The van der Waals surface area contributed by atoms with E-state index in [1.165, 1.54) is 6.20 Å². The number of aliphatic carboxylic acids is 1. The minimum atomic E-state index is -0.993. The summed E-state index contributed by atoms with van der Waals surface area (Å²) in [5, 5.41) is 16.4. The van der Waals surface area contributed by atoms with E-state index in [0.29, 0.717) is 43.4 Å². The molecule has 1 aromatic rings. The van der Waals surface area contributed by atoms with Crippen molar-refractivity contribution in [2.24, 2.45) is 5.73 Å². The lowest BCUT2D eigenvalue weighted by atomic mass is 10.0. The highest BCUT2D eigenvalue weighted by Gasteiger charge is 2.11. The summed E-state index contributed by atoms with van der Waals surface area (Å²) in [6, 6.07) is 2.60. The summed E-state index contributed by atoms with van der Waals surface area (Å²) in [7, 11) is 0. The minimum Gasteiger partial charge on any atom is -0.480 e. The Labute approximate surface area is 123 Å². The molecule has 0 spiro atoms. The van der Waals surface area contributed by atoms with Gasteiger partial charge in [-0.05, 0) is 37.8 Å². The summed E-state index contributed by atoms with van der Waals surface area (Å²) >= 11 is 0. The number of hydrogen-bond acceptors (Lipinski definition) is 5. The maximum Gasteiger partial charge on any atom is 0.320 e. The van der Waals surface area contributed by atoms with Crippen molar-refractivity contribution in [1.29, 1.82) is 5.41 Å². The third-order valence-corrected chi connectivity index (χ3v) is 3.20. The van der Waals surface area contributed by atoms with Gasteiger partial charge in [0.2, 0.25) is 0 Å². The Hall–Kier alpha value is -2.08. The van der Waals surface area contributed by atoms with Gasteiger partial charge in [-0.3, -0.25) is 14.6 Å². The molecular formula is C15H21N3O3. The molecule has 1 unspecified atom stereocenters. The van der Waals surface area contributed by atoms with Gasteiger partial charge >= 0.3 is 5.97 Å². The van der Waals surface area contributed by atoms with Crippen molar-refractivity contribution in [3.8, 4) is 0 Å². The molecule has 0 bridgehead atoms. The SMILES string of the molecule is N=C(CCCCC(N)C(=O)O)CCC(=O)c1cccnc1. The number of carboxylic acid groups (broad SMARTS) is 1. The third kappa shape index (κ3) is 6.76. The van der Waals surface area contributed by atoms with Gasteiger partial charge in [0, 0.05) is 30.1 Å². The normalized spacial score (nSPS) is 11.9. The van der Waals surface area contributed by atoms with Crippen LogP contribution in [0, 0.1) is 5.41 Å². The molecule has 4 N–H and O–H groups in total. The van der Waals surface area contributed by atoms with Crippen LogP contribution in [0.5, 0.6) is 0 Å². The van der Waals surface area contributed by atoms with Crippen LogP contribution in [-0.4, -0.2) is 33.6 Å². The lowest BCUT2D eigenvalue weighted by Crippen LogP contribution is -2.29. The predicted octanol–water partition coefficient (Wildman–Crippen LogP) is 2.04. The summed E-state index contributed by atoms with van der Waals surface area (Å²) < 4.78 is 0. The molecular weight excluding hydrogens is 270 g/mol. The van der Waals surface area contributed by atoms with Crippen LogP contribution in [0.15, 0.2) is 24.5 Å². The molecule has 0 amide bonds. The maximum absolute atomic E-state index is 11.8. The fourth-order valence-electron chi connectivity index (χ4n) is 1.89. The van der Waals surface area contributed by atoms with Gasteiger partial charge in [0.15, 0.2) is 5.78 Å². The van der Waals surface area contributed by atoms with E-state index in [2.05, 4.69) is 4.98 Å². The van der Waals surface area contributed by atoms with Crippen LogP contribution in [0.25, 0.3) is 0 Å². The summed E-state index contributed by atoms with van der Waals surface area (Å²) in [5.74, 6) is -1.01. The van der Waals surface area contributed by atoms with Crippen molar-refractivity contribution in [1.82, 2.24) is 4.98 Å². The Morgan fingerprint density at radius 3 is 2.67 bits per heavy atom. The first-order valence-electron chi connectivity index (χ1n) is 6.98. The zero-order chi connectivity index (χ0) is 15.7. The van der Waals surface area contributed by atoms with E-state index in [9.17, 15) is 9.59 Å². The number of rotatable bonds is 10. The van der Waals surface area contributed by atoms with Crippen molar-refractivity contribution in [3.63, 3.8) is 0 Å². The smallest absolute Gasteiger partial charge is 0.320 e. The van der Waals surface area contributed by atoms with E-state index in [1.807, 2.05) is 0 Å². The number of unbranched alkanes of at least 4 members (excludes halogenated alkanes) is 1. The molecule has 0 aromatic carbocycles. The minimum absolute atomic E-state index is 0.0132. The van der Waals surface area contributed by atoms with E-state index < -0.39 is 12.0 Å². The molecule has 0 saturated heterocycles. The number of carbonyl (C=O) groups is 2. The number of ketones is 1. The van der Waals surface area contributed by atoms with Gasteiger partial charge in [-0.15, -0.1) is 0 Å². The Kier molecular flexibility index (Phi) is 7.25. The average molecular weight is 291 g/mol. The Balaban J connectivity index is 2.17. The molecule has 21 heavy (non-hydrogen) atoms. The maximum atomic E-state index is 11.8. The summed E-state index contributed by atoms with van der Waals surface area (Å²) in [6.45, 7) is 0. The number of aromatic nitrogens is 1. The van der Waals surface area contributed by atoms with E-state index in [4.69, 9.17) is 16.2 Å². The molecule has 114 valence electrons. The highest BCUT2D eigenvalue weighted by atomic mass is 16.4. The fourth-order valence-corrected chi connectivity index (χ4v) is 1.89. The molecule has 0 saturated carbocycles. The lowest BCUT2D eigenvalue weighted by molar-refractivity contribution is -0.138. The molecule has 0 fully saturated rings. The number of nitrogens with two attached hydrogens (primary N) is 1. The van der Waals surface area contributed by atoms with Crippen LogP contribution in [0.4, 0.5) is 0 Å². The average Bonchev–Trinajstić information content (AvgIpc) is 2.49. The summed E-state index contributed by atoms with van der Waals surface area (Å²) in [5.41, 5.74) is 6.47. The number of Topliss-reactive ketones (excluding diaryl/α,β-unsaturated/α-hetero) is 1. The molecule has 1 heterocycles. The monoisotopic (exact) mass is 291 g/mol. The Morgan fingerprint density at radius 2 is 2.05 bits per heavy atom. The standard InChI is InChI=1S/C15H21N3O3/c16-12(5-1-2-6-13(17)15(20)21)7-8-14(19)11-4-3-9-18-10-11/h3-4,9-10,13,16H,1-2,5-8,17H2,(H,20,21).